The summed E-state index contributed by atoms with van der Waals surface area (Å²) in [7, 11) is 0. The maximum Gasteiger partial charge on any atom is 0.209 e. The lowest BCUT2D eigenvalue weighted by atomic mass is 10.1. The van der Waals surface area contributed by atoms with Gasteiger partial charge >= 0.3 is 0 Å². The zero-order valence-corrected chi connectivity index (χ0v) is 15.1. The molecule has 4 rings (SSSR count). The molecule has 1 aliphatic heterocycles. The molecule has 0 amide bonds. The topological polar surface area (TPSA) is 51.3 Å². The van der Waals surface area contributed by atoms with Gasteiger partial charge in [0, 0.05) is 12.1 Å². The highest BCUT2D eigenvalue weighted by Gasteiger charge is 2.33. The minimum atomic E-state index is 0.411. The summed E-state index contributed by atoms with van der Waals surface area (Å²) in [6, 6.07) is 11.7. The van der Waals surface area contributed by atoms with Crippen LogP contribution in [0.15, 0.2) is 30.3 Å². The van der Waals surface area contributed by atoms with Gasteiger partial charge in [0.25, 0.3) is 0 Å². The van der Waals surface area contributed by atoms with Crippen molar-refractivity contribution in [1.29, 1.82) is 0 Å². The SMILES string of the molecule is CC[C@H](c1nnnn1C1CCCC1)[NH+]1CCN(c2ccccc2)CC1. The van der Waals surface area contributed by atoms with Crippen LogP contribution in [0.25, 0.3) is 0 Å². The monoisotopic (exact) mass is 341 g/mol. The Morgan fingerprint density at radius 3 is 2.52 bits per heavy atom. The second-order valence-electron chi connectivity index (χ2n) is 7.36. The van der Waals surface area contributed by atoms with Crippen molar-refractivity contribution in [1.82, 2.24) is 20.2 Å². The molecular weight excluding hydrogens is 312 g/mol. The zero-order chi connectivity index (χ0) is 17.1. The van der Waals surface area contributed by atoms with Gasteiger partial charge in [0.1, 0.15) is 6.04 Å². The van der Waals surface area contributed by atoms with E-state index < -0.39 is 0 Å². The molecular formula is C19H29N6+. The molecule has 2 aliphatic rings. The number of piperazine rings is 1. The highest BCUT2D eigenvalue weighted by atomic mass is 15.6. The molecule has 1 atom stereocenters. The van der Waals surface area contributed by atoms with Gasteiger partial charge in [-0.3, -0.25) is 0 Å². The molecule has 1 saturated heterocycles. The van der Waals surface area contributed by atoms with Crippen LogP contribution in [-0.2, 0) is 0 Å². The molecule has 0 radical (unpaired) electrons. The number of nitrogens with zero attached hydrogens (tertiary/aromatic N) is 5. The van der Waals surface area contributed by atoms with Crippen LogP contribution in [0, 0.1) is 0 Å². The van der Waals surface area contributed by atoms with Gasteiger partial charge in [0.2, 0.25) is 5.82 Å². The van der Waals surface area contributed by atoms with Gasteiger partial charge in [-0.1, -0.05) is 38.0 Å². The number of tetrazole rings is 1. The van der Waals surface area contributed by atoms with Crippen molar-refractivity contribution in [3.8, 4) is 0 Å². The van der Waals surface area contributed by atoms with Crippen molar-refractivity contribution in [3.05, 3.63) is 36.2 Å². The van der Waals surface area contributed by atoms with Crippen LogP contribution in [0.5, 0.6) is 0 Å². The standard InChI is InChI=1S/C19H28N6/c1-2-18(19-20-21-22-25(19)17-10-6-7-11-17)24-14-12-23(13-15-24)16-8-4-3-5-9-16/h3-5,8-9,17-18H,2,6-7,10-15H2,1H3/p+1/t18-/m1/s1. The second kappa shape index (κ2) is 7.52. The van der Waals surface area contributed by atoms with E-state index in [0.29, 0.717) is 12.1 Å². The predicted octanol–water partition coefficient (Wildman–Crippen LogP) is 1.64. The summed E-state index contributed by atoms with van der Waals surface area (Å²) in [5.41, 5.74) is 1.34. The van der Waals surface area contributed by atoms with E-state index in [0.717, 1.165) is 38.4 Å². The van der Waals surface area contributed by atoms with Crippen molar-refractivity contribution < 1.29 is 4.90 Å². The average Bonchev–Trinajstić information content (AvgIpc) is 3.35. The van der Waals surface area contributed by atoms with Crippen molar-refractivity contribution >= 4 is 5.69 Å². The fraction of sp³-hybridized carbons (Fsp3) is 0.632. The molecule has 134 valence electrons. The average molecular weight is 341 g/mol. The molecule has 2 fully saturated rings. The Morgan fingerprint density at radius 2 is 1.84 bits per heavy atom. The third-order valence-electron chi connectivity index (χ3n) is 5.93. The van der Waals surface area contributed by atoms with Crippen molar-refractivity contribution in [2.24, 2.45) is 0 Å². The molecule has 6 heteroatoms. The van der Waals surface area contributed by atoms with Gasteiger partial charge in [-0.15, -0.1) is 5.10 Å². The molecule has 2 heterocycles. The normalized spacial score (nSPS) is 20.9. The van der Waals surface area contributed by atoms with Gasteiger partial charge < -0.3 is 9.80 Å². The van der Waals surface area contributed by atoms with Crippen LogP contribution in [0.1, 0.15) is 56.9 Å². The first-order valence-corrected chi connectivity index (χ1v) is 9.79. The van der Waals surface area contributed by atoms with Crippen LogP contribution in [0.4, 0.5) is 5.69 Å². The lowest BCUT2D eigenvalue weighted by molar-refractivity contribution is -0.933. The first-order chi connectivity index (χ1) is 12.4. The van der Waals surface area contributed by atoms with E-state index in [1.807, 2.05) is 0 Å². The van der Waals surface area contributed by atoms with Crippen LogP contribution < -0.4 is 9.80 Å². The lowest BCUT2D eigenvalue weighted by Gasteiger charge is -2.37. The Bertz CT molecular complexity index is 656. The minimum Gasteiger partial charge on any atom is -0.360 e. The molecule has 0 spiro atoms. The predicted molar refractivity (Wildman–Crippen MR) is 97.7 cm³/mol. The van der Waals surface area contributed by atoms with Gasteiger partial charge in [-0.2, -0.15) is 0 Å². The zero-order valence-electron chi connectivity index (χ0n) is 15.1. The Kier molecular flexibility index (Phi) is 4.97. The molecule has 0 unspecified atom stereocenters. The molecule has 6 nitrogen and oxygen atoms in total. The number of hydrogen-bond donors (Lipinski definition) is 1. The number of para-hydroxylation sites is 1. The maximum atomic E-state index is 4.45. The maximum absolute atomic E-state index is 4.45. The molecule has 1 aliphatic carbocycles. The van der Waals surface area contributed by atoms with Crippen molar-refractivity contribution in [2.75, 3.05) is 31.1 Å². The number of quaternary nitrogens is 1. The Balaban J connectivity index is 1.45. The summed E-state index contributed by atoms with van der Waals surface area (Å²) in [6.07, 6.45) is 6.16. The summed E-state index contributed by atoms with van der Waals surface area (Å²) >= 11 is 0. The molecule has 1 N–H and O–H groups in total. The first kappa shape index (κ1) is 16.5. The fourth-order valence-electron chi connectivity index (χ4n) is 4.53. The largest absolute Gasteiger partial charge is 0.360 e. The third kappa shape index (κ3) is 3.40. The molecule has 2 aromatic rings. The quantitative estimate of drug-likeness (QED) is 0.898. The van der Waals surface area contributed by atoms with Crippen LogP contribution >= 0.6 is 0 Å². The molecule has 0 bridgehead atoms. The van der Waals surface area contributed by atoms with E-state index in [4.69, 9.17) is 0 Å². The minimum absolute atomic E-state index is 0.411. The number of aromatic nitrogens is 4. The summed E-state index contributed by atoms with van der Waals surface area (Å²) in [5.74, 6) is 1.11. The second-order valence-corrected chi connectivity index (χ2v) is 7.36. The Hall–Kier alpha value is -1.95. The molecule has 1 aromatic carbocycles. The van der Waals surface area contributed by atoms with Gasteiger partial charge in [-0.25, -0.2) is 4.68 Å². The number of nitrogens with one attached hydrogen (secondary N) is 1. The van der Waals surface area contributed by atoms with Crippen LogP contribution in [0.2, 0.25) is 0 Å². The Morgan fingerprint density at radius 1 is 1.12 bits per heavy atom. The molecule has 1 saturated carbocycles. The highest BCUT2D eigenvalue weighted by molar-refractivity contribution is 5.46. The van der Waals surface area contributed by atoms with E-state index in [-0.39, 0.29) is 0 Å². The van der Waals surface area contributed by atoms with E-state index >= 15 is 0 Å². The fourth-order valence-corrected chi connectivity index (χ4v) is 4.53. The summed E-state index contributed by atoms with van der Waals surface area (Å²) in [5, 5.41) is 12.8. The molecule has 1 aromatic heterocycles. The summed E-state index contributed by atoms with van der Waals surface area (Å²) < 4.78 is 2.15. The lowest BCUT2D eigenvalue weighted by Crippen LogP contribution is -3.15. The summed E-state index contributed by atoms with van der Waals surface area (Å²) in [4.78, 5) is 4.12. The number of hydrogen-bond acceptors (Lipinski definition) is 4. The van der Waals surface area contributed by atoms with Crippen LogP contribution in [0.3, 0.4) is 0 Å². The highest BCUT2D eigenvalue weighted by Crippen LogP contribution is 2.30. The summed E-state index contributed by atoms with van der Waals surface area (Å²) in [6.45, 7) is 6.76. The van der Waals surface area contributed by atoms with E-state index in [9.17, 15) is 0 Å². The van der Waals surface area contributed by atoms with Crippen LogP contribution in [-0.4, -0.2) is 46.4 Å². The van der Waals surface area contributed by atoms with E-state index in [1.54, 1.807) is 4.90 Å². The number of benzene rings is 1. The van der Waals surface area contributed by atoms with E-state index in [2.05, 4.69) is 62.4 Å². The van der Waals surface area contributed by atoms with E-state index in [1.165, 1.54) is 31.4 Å². The number of rotatable bonds is 5. The smallest absolute Gasteiger partial charge is 0.209 e. The molecule has 25 heavy (non-hydrogen) atoms. The van der Waals surface area contributed by atoms with Gasteiger partial charge in [0.05, 0.1) is 32.2 Å². The Labute approximate surface area is 149 Å². The number of anilines is 1. The van der Waals surface area contributed by atoms with Gasteiger partial charge in [0.15, 0.2) is 0 Å². The third-order valence-corrected chi connectivity index (χ3v) is 5.93. The van der Waals surface area contributed by atoms with Gasteiger partial charge in [-0.05, 0) is 35.4 Å². The van der Waals surface area contributed by atoms with Crippen molar-refractivity contribution in [3.63, 3.8) is 0 Å². The first-order valence-electron chi connectivity index (χ1n) is 9.79. The van der Waals surface area contributed by atoms with Crippen molar-refractivity contribution in [2.45, 2.75) is 51.1 Å².